The summed E-state index contributed by atoms with van der Waals surface area (Å²) in [4.78, 5) is 23.0. The third-order valence-electron chi connectivity index (χ3n) is 3.42. The van der Waals surface area contributed by atoms with Gasteiger partial charge in [-0.2, -0.15) is 0 Å². The summed E-state index contributed by atoms with van der Waals surface area (Å²) in [6, 6.07) is 0.685. The molecule has 118 valence electrons. The molecule has 5 nitrogen and oxygen atoms in total. The predicted molar refractivity (Wildman–Crippen MR) is 73.7 cm³/mol. The van der Waals surface area contributed by atoms with E-state index in [-0.39, 0.29) is 42.1 Å². The lowest BCUT2D eigenvalue weighted by atomic mass is 9.64. The molecule has 2 rings (SSSR count). The van der Waals surface area contributed by atoms with Crippen molar-refractivity contribution in [2.75, 3.05) is 6.61 Å². The Kier molecular flexibility index (Phi) is 4.80. The summed E-state index contributed by atoms with van der Waals surface area (Å²) in [5.41, 5.74) is -0.448. The molecule has 8 heteroatoms. The van der Waals surface area contributed by atoms with Crippen LogP contribution >= 0.6 is 0 Å². The van der Waals surface area contributed by atoms with Gasteiger partial charge in [-0.3, -0.25) is 0 Å². The summed E-state index contributed by atoms with van der Waals surface area (Å²) >= 11 is 0. The van der Waals surface area contributed by atoms with E-state index in [2.05, 4.69) is 0 Å². The zero-order chi connectivity index (χ0) is 16.4. The van der Waals surface area contributed by atoms with Crippen molar-refractivity contribution < 1.29 is 32.8 Å². The van der Waals surface area contributed by atoms with Gasteiger partial charge >= 0.3 is 13.1 Å². The Labute approximate surface area is 126 Å². The normalized spacial score (nSPS) is 16.8. The Morgan fingerprint density at radius 3 is 2.77 bits per heavy atom. The summed E-state index contributed by atoms with van der Waals surface area (Å²) in [7, 11) is -1.38. The van der Waals surface area contributed by atoms with E-state index in [4.69, 9.17) is 9.39 Å². The first-order valence-corrected chi connectivity index (χ1v) is 6.87. The maximum Gasteiger partial charge on any atom is 0.526 e. The number of carbonyl (C=O) groups excluding carboxylic acids is 2. The van der Waals surface area contributed by atoms with Gasteiger partial charge in [0.2, 0.25) is 0 Å². The number of hydrogen-bond acceptors (Lipinski definition) is 5. The van der Waals surface area contributed by atoms with Crippen molar-refractivity contribution in [3.8, 4) is 5.75 Å². The average Bonchev–Trinajstić information content (AvgIpc) is 2.44. The number of fused-ring (bicyclic) bond motifs is 1. The number of benzene rings is 1. The Morgan fingerprint density at radius 2 is 2.18 bits per heavy atom. The number of esters is 1. The predicted octanol–water partition coefficient (Wildman–Crippen LogP) is 1.91. The molecule has 1 aliphatic heterocycles. The summed E-state index contributed by atoms with van der Waals surface area (Å²) in [6.07, 6.45) is -0.141. The summed E-state index contributed by atoms with van der Waals surface area (Å²) in [6.45, 7) is 2.96. The first-order chi connectivity index (χ1) is 10.3. The first-order valence-electron chi connectivity index (χ1n) is 6.87. The Morgan fingerprint density at radius 1 is 1.50 bits per heavy atom. The molecule has 1 heterocycles. The van der Waals surface area contributed by atoms with E-state index in [0.29, 0.717) is 6.07 Å². The van der Waals surface area contributed by atoms with Gasteiger partial charge in [-0.15, -0.1) is 0 Å². The van der Waals surface area contributed by atoms with Gasteiger partial charge in [-0.1, -0.05) is 0 Å². The summed E-state index contributed by atoms with van der Waals surface area (Å²) in [5, 5.41) is 9.92. The average molecular weight is 312 g/mol. The highest BCUT2D eigenvalue weighted by atomic mass is 19.2. The lowest BCUT2D eigenvalue weighted by Crippen LogP contribution is -2.36. The summed E-state index contributed by atoms with van der Waals surface area (Å²) < 4.78 is 37.6. The number of carbonyl (C=O) groups is 2. The highest BCUT2D eigenvalue weighted by molar-refractivity contribution is 6.47. The SMILES string of the molecule is CCOC(=O)c1cc(F)c(F)c2c1OB(O)[C@@H](CC(C)=O)C2. The third-order valence-corrected chi connectivity index (χ3v) is 3.42. The molecule has 0 saturated heterocycles. The van der Waals surface area contributed by atoms with Gasteiger partial charge in [0, 0.05) is 17.8 Å². The van der Waals surface area contributed by atoms with Crippen molar-refractivity contribution in [2.45, 2.75) is 32.5 Å². The molecular weight excluding hydrogens is 297 g/mol. The monoisotopic (exact) mass is 312 g/mol. The molecule has 22 heavy (non-hydrogen) atoms. The number of ketones is 1. The van der Waals surface area contributed by atoms with Gasteiger partial charge < -0.3 is 19.2 Å². The number of halogens is 2. The minimum Gasteiger partial charge on any atom is -0.535 e. The van der Waals surface area contributed by atoms with Crippen LogP contribution in [-0.2, 0) is 16.0 Å². The fraction of sp³-hybridized carbons (Fsp3) is 0.429. The smallest absolute Gasteiger partial charge is 0.526 e. The number of ether oxygens (including phenoxy) is 1. The van der Waals surface area contributed by atoms with Gasteiger partial charge in [0.1, 0.15) is 17.1 Å². The van der Waals surface area contributed by atoms with E-state index in [1.165, 1.54) is 6.92 Å². The molecule has 1 aromatic carbocycles. The lowest BCUT2D eigenvalue weighted by Gasteiger charge is -2.28. The molecule has 0 amide bonds. The zero-order valence-corrected chi connectivity index (χ0v) is 12.2. The number of Topliss-reactive ketones (excluding diaryl/α,β-unsaturated/α-hetero) is 1. The second kappa shape index (κ2) is 6.43. The minimum absolute atomic E-state index is 0.0364. The van der Waals surface area contributed by atoms with Crippen LogP contribution in [0.2, 0.25) is 5.82 Å². The van der Waals surface area contributed by atoms with Crippen molar-refractivity contribution in [2.24, 2.45) is 0 Å². The fourth-order valence-corrected chi connectivity index (χ4v) is 2.46. The molecule has 0 saturated carbocycles. The molecule has 1 atom stereocenters. The van der Waals surface area contributed by atoms with Crippen molar-refractivity contribution in [3.05, 3.63) is 28.8 Å². The van der Waals surface area contributed by atoms with E-state index >= 15 is 0 Å². The molecule has 0 aromatic heterocycles. The molecule has 1 aromatic rings. The highest BCUT2D eigenvalue weighted by Crippen LogP contribution is 2.39. The molecule has 0 spiro atoms. The van der Waals surface area contributed by atoms with Gasteiger partial charge in [-0.25, -0.2) is 13.6 Å². The van der Waals surface area contributed by atoms with Crippen LogP contribution in [0.25, 0.3) is 0 Å². The Hall–Kier alpha value is -1.96. The van der Waals surface area contributed by atoms with E-state index in [9.17, 15) is 23.4 Å². The molecule has 0 fully saturated rings. The van der Waals surface area contributed by atoms with Crippen LogP contribution in [0.15, 0.2) is 6.07 Å². The molecule has 0 radical (unpaired) electrons. The zero-order valence-electron chi connectivity index (χ0n) is 12.2. The first kappa shape index (κ1) is 16.4. The fourth-order valence-electron chi connectivity index (χ4n) is 2.46. The molecule has 0 aliphatic carbocycles. The van der Waals surface area contributed by atoms with Crippen molar-refractivity contribution in [1.82, 2.24) is 0 Å². The van der Waals surface area contributed by atoms with Crippen LogP contribution in [0.1, 0.15) is 36.2 Å². The Bertz CT molecular complexity index is 620. The standard InChI is InChI=1S/C14H15BF2O5/c1-3-21-14(19)10-6-11(16)12(17)9-5-8(4-7(2)18)15(20)22-13(9)10/h6,8,20H,3-5H2,1-2H3/t8-/m0/s1. The van der Waals surface area contributed by atoms with E-state index < -0.39 is 30.5 Å². The van der Waals surface area contributed by atoms with Gasteiger partial charge in [0.15, 0.2) is 11.6 Å². The maximum atomic E-state index is 14.0. The van der Waals surface area contributed by atoms with E-state index in [1.807, 2.05) is 0 Å². The van der Waals surface area contributed by atoms with E-state index in [1.54, 1.807) is 6.92 Å². The van der Waals surface area contributed by atoms with E-state index in [0.717, 1.165) is 0 Å². The number of rotatable bonds is 4. The van der Waals surface area contributed by atoms with Crippen LogP contribution < -0.4 is 4.65 Å². The quantitative estimate of drug-likeness (QED) is 0.679. The largest absolute Gasteiger partial charge is 0.535 e. The van der Waals surface area contributed by atoms with Gasteiger partial charge in [-0.05, 0) is 26.3 Å². The van der Waals surface area contributed by atoms with Crippen molar-refractivity contribution in [1.29, 1.82) is 0 Å². The maximum absolute atomic E-state index is 14.0. The second-order valence-electron chi connectivity index (χ2n) is 5.13. The topological polar surface area (TPSA) is 72.8 Å². The third kappa shape index (κ3) is 3.11. The van der Waals surface area contributed by atoms with Gasteiger partial charge in [0.05, 0.1) is 6.61 Å². The Balaban J connectivity index is 2.46. The van der Waals surface area contributed by atoms with Gasteiger partial charge in [0.25, 0.3) is 0 Å². The summed E-state index contributed by atoms with van der Waals surface area (Å²) in [5.74, 6) is -4.36. The molecular formula is C14H15BF2O5. The highest BCUT2D eigenvalue weighted by Gasteiger charge is 2.39. The minimum atomic E-state index is -1.38. The lowest BCUT2D eigenvalue weighted by molar-refractivity contribution is -0.117. The van der Waals surface area contributed by atoms with Crippen LogP contribution in [0.4, 0.5) is 8.78 Å². The van der Waals surface area contributed by atoms with Crippen LogP contribution in [0.3, 0.4) is 0 Å². The van der Waals surface area contributed by atoms with Crippen LogP contribution in [0, 0.1) is 11.6 Å². The van der Waals surface area contributed by atoms with Crippen LogP contribution in [0.5, 0.6) is 5.75 Å². The molecule has 1 aliphatic rings. The molecule has 0 bridgehead atoms. The molecule has 1 N–H and O–H groups in total. The second-order valence-corrected chi connectivity index (χ2v) is 5.13. The van der Waals surface area contributed by atoms with Crippen LogP contribution in [-0.4, -0.2) is 30.5 Å². The van der Waals surface area contributed by atoms with Crippen molar-refractivity contribution in [3.63, 3.8) is 0 Å². The molecule has 0 unspecified atom stereocenters. The number of hydrogen-bond donors (Lipinski definition) is 1. The van der Waals surface area contributed by atoms with Crippen molar-refractivity contribution >= 4 is 18.9 Å².